The number of nitrogens with zero attached hydrogens (tertiary/aromatic N) is 1. The Morgan fingerprint density at radius 1 is 1.08 bits per heavy atom. The van der Waals surface area contributed by atoms with Gasteiger partial charge in [0.25, 0.3) is 0 Å². The van der Waals surface area contributed by atoms with E-state index in [0.717, 1.165) is 0 Å². The standard InChI is InChI=1S/C10H22N2O/c1-7(2)10(13)12(9(5)6)11-8(3)4/h7-9,11H,1-6H3. The zero-order chi connectivity index (χ0) is 10.6. The van der Waals surface area contributed by atoms with Crippen molar-refractivity contribution in [2.45, 2.75) is 53.6 Å². The highest BCUT2D eigenvalue weighted by Crippen LogP contribution is 2.04. The maximum absolute atomic E-state index is 11.7. The van der Waals surface area contributed by atoms with Crippen LogP contribution in [-0.2, 0) is 4.79 Å². The van der Waals surface area contributed by atoms with Gasteiger partial charge in [0.1, 0.15) is 0 Å². The molecule has 0 unspecified atom stereocenters. The fraction of sp³-hybridized carbons (Fsp3) is 0.900. The van der Waals surface area contributed by atoms with Crippen molar-refractivity contribution in [1.82, 2.24) is 10.4 Å². The van der Waals surface area contributed by atoms with E-state index in [0.29, 0.717) is 6.04 Å². The van der Waals surface area contributed by atoms with E-state index >= 15 is 0 Å². The van der Waals surface area contributed by atoms with Gasteiger partial charge in [-0.05, 0) is 27.7 Å². The molecule has 1 amide bonds. The second kappa shape index (κ2) is 5.22. The van der Waals surface area contributed by atoms with Crippen molar-refractivity contribution < 1.29 is 4.79 Å². The fourth-order valence-electron chi connectivity index (χ4n) is 1.02. The molecule has 0 atom stereocenters. The van der Waals surface area contributed by atoms with Crippen LogP contribution in [0.5, 0.6) is 0 Å². The van der Waals surface area contributed by atoms with Crippen molar-refractivity contribution in [3.63, 3.8) is 0 Å². The van der Waals surface area contributed by atoms with Crippen LogP contribution in [0.15, 0.2) is 0 Å². The van der Waals surface area contributed by atoms with Crippen LogP contribution < -0.4 is 5.43 Å². The molecule has 0 aliphatic carbocycles. The number of carbonyl (C=O) groups excluding carboxylic acids is 1. The van der Waals surface area contributed by atoms with Crippen LogP contribution in [0.1, 0.15) is 41.5 Å². The van der Waals surface area contributed by atoms with Crippen LogP contribution in [0.2, 0.25) is 0 Å². The van der Waals surface area contributed by atoms with Crippen LogP contribution in [-0.4, -0.2) is 23.0 Å². The first kappa shape index (κ1) is 12.4. The van der Waals surface area contributed by atoms with E-state index in [9.17, 15) is 4.79 Å². The third-order valence-electron chi connectivity index (χ3n) is 1.65. The predicted molar refractivity (Wildman–Crippen MR) is 55.1 cm³/mol. The van der Waals surface area contributed by atoms with Crippen LogP contribution in [0.25, 0.3) is 0 Å². The molecule has 0 spiro atoms. The molecule has 0 bridgehead atoms. The minimum Gasteiger partial charge on any atom is -0.275 e. The normalized spacial score (nSPS) is 11.5. The summed E-state index contributed by atoms with van der Waals surface area (Å²) in [6.45, 7) is 11.9. The van der Waals surface area contributed by atoms with Gasteiger partial charge in [0.15, 0.2) is 0 Å². The SMILES string of the molecule is CC(C)NN(C(=O)C(C)C)C(C)C. The summed E-state index contributed by atoms with van der Waals surface area (Å²) < 4.78 is 0. The van der Waals surface area contributed by atoms with Crippen LogP contribution in [0.4, 0.5) is 0 Å². The minimum absolute atomic E-state index is 0.0497. The molecule has 13 heavy (non-hydrogen) atoms. The van der Waals surface area contributed by atoms with Gasteiger partial charge in [0.2, 0.25) is 5.91 Å². The Kier molecular flexibility index (Phi) is 4.99. The van der Waals surface area contributed by atoms with Gasteiger partial charge in [-0.3, -0.25) is 9.80 Å². The van der Waals surface area contributed by atoms with Gasteiger partial charge in [0.05, 0.1) is 0 Å². The van der Waals surface area contributed by atoms with Crippen LogP contribution in [0, 0.1) is 5.92 Å². The molecular formula is C10H22N2O. The van der Waals surface area contributed by atoms with Crippen molar-refractivity contribution in [2.75, 3.05) is 0 Å². The molecule has 0 rings (SSSR count). The molecule has 0 saturated heterocycles. The molecule has 0 heterocycles. The Morgan fingerprint density at radius 3 is 1.77 bits per heavy atom. The van der Waals surface area contributed by atoms with Gasteiger partial charge < -0.3 is 0 Å². The lowest BCUT2D eigenvalue weighted by molar-refractivity contribution is -0.140. The second-order valence-electron chi connectivity index (χ2n) is 4.24. The lowest BCUT2D eigenvalue weighted by Crippen LogP contribution is -2.51. The van der Waals surface area contributed by atoms with Crippen molar-refractivity contribution in [3.8, 4) is 0 Å². The fourth-order valence-corrected chi connectivity index (χ4v) is 1.02. The summed E-state index contributed by atoms with van der Waals surface area (Å²) in [7, 11) is 0. The first-order valence-corrected chi connectivity index (χ1v) is 4.95. The van der Waals surface area contributed by atoms with Gasteiger partial charge in [0, 0.05) is 18.0 Å². The number of nitrogens with one attached hydrogen (secondary N) is 1. The number of amides is 1. The number of hydrazine groups is 1. The highest BCUT2D eigenvalue weighted by molar-refractivity contribution is 5.77. The summed E-state index contributed by atoms with van der Waals surface area (Å²) in [5.74, 6) is 0.206. The molecule has 78 valence electrons. The molecule has 3 nitrogen and oxygen atoms in total. The number of hydrogen-bond acceptors (Lipinski definition) is 2. The summed E-state index contributed by atoms with van der Waals surface area (Å²) >= 11 is 0. The van der Waals surface area contributed by atoms with E-state index < -0.39 is 0 Å². The summed E-state index contributed by atoms with van der Waals surface area (Å²) in [5, 5.41) is 1.72. The first-order valence-electron chi connectivity index (χ1n) is 4.95. The molecule has 0 fully saturated rings. The van der Waals surface area contributed by atoms with Crippen LogP contribution >= 0.6 is 0 Å². The second-order valence-corrected chi connectivity index (χ2v) is 4.24. The van der Waals surface area contributed by atoms with Gasteiger partial charge in [-0.15, -0.1) is 0 Å². The van der Waals surface area contributed by atoms with E-state index in [1.54, 1.807) is 5.01 Å². The molecule has 0 saturated carbocycles. The van der Waals surface area contributed by atoms with Gasteiger partial charge in [-0.1, -0.05) is 13.8 Å². The van der Waals surface area contributed by atoms with Crippen molar-refractivity contribution in [2.24, 2.45) is 5.92 Å². The Labute approximate surface area is 81.5 Å². The lowest BCUT2D eigenvalue weighted by atomic mass is 10.2. The Balaban J connectivity index is 4.33. The van der Waals surface area contributed by atoms with Crippen LogP contribution in [0.3, 0.4) is 0 Å². The highest BCUT2D eigenvalue weighted by Gasteiger charge is 2.19. The molecule has 0 aliphatic heterocycles. The molecular weight excluding hydrogens is 164 g/mol. The van der Waals surface area contributed by atoms with Crippen molar-refractivity contribution >= 4 is 5.91 Å². The molecule has 0 radical (unpaired) electrons. The summed E-state index contributed by atoms with van der Waals surface area (Å²) in [5.41, 5.74) is 3.14. The quantitative estimate of drug-likeness (QED) is 0.679. The van der Waals surface area contributed by atoms with Gasteiger partial charge in [-0.2, -0.15) is 0 Å². The van der Waals surface area contributed by atoms with E-state index in [1.165, 1.54) is 0 Å². The highest BCUT2D eigenvalue weighted by atomic mass is 16.2. The number of hydrogen-bond donors (Lipinski definition) is 1. The molecule has 0 aromatic heterocycles. The summed E-state index contributed by atoms with van der Waals surface area (Å²) in [4.78, 5) is 11.7. The third-order valence-corrected chi connectivity index (χ3v) is 1.65. The Bertz CT molecular complexity index is 164. The molecule has 0 aromatic carbocycles. The van der Waals surface area contributed by atoms with Gasteiger partial charge >= 0.3 is 0 Å². The molecule has 3 heteroatoms. The average molecular weight is 186 g/mol. The zero-order valence-electron chi connectivity index (χ0n) is 9.59. The zero-order valence-corrected chi connectivity index (χ0v) is 9.59. The van der Waals surface area contributed by atoms with E-state index in [-0.39, 0.29) is 17.9 Å². The maximum Gasteiger partial charge on any atom is 0.239 e. The largest absolute Gasteiger partial charge is 0.275 e. The minimum atomic E-state index is 0.0497. The molecule has 0 aliphatic rings. The maximum atomic E-state index is 11.7. The Morgan fingerprint density at radius 2 is 1.54 bits per heavy atom. The average Bonchev–Trinajstić information content (AvgIpc) is 1.97. The number of carbonyl (C=O) groups is 1. The van der Waals surface area contributed by atoms with Crippen molar-refractivity contribution in [1.29, 1.82) is 0 Å². The van der Waals surface area contributed by atoms with E-state index in [4.69, 9.17) is 0 Å². The monoisotopic (exact) mass is 186 g/mol. The third kappa shape index (κ3) is 4.27. The predicted octanol–water partition coefficient (Wildman–Crippen LogP) is 1.79. The summed E-state index contributed by atoms with van der Waals surface area (Å²) in [6.07, 6.45) is 0. The summed E-state index contributed by atoms with van der Waals surface area (Å²) in [6, 6.07) is 0.502. The van der Waals surface area contributed by atoms with Crippen molar-refractivity contribution in [3.05, 3.63) is 0 Å². The van der Waals surface area contributed by atoms with E-state index in [2.05, 4.69) is 5.43 Å². The smallest absolute Gasteiger partial charge is 0.239 e. The van der Waals surface area contributed by atoms with Gasteiger partial charge in [-0.25, -0.2) is 5.43 Å². The molecule has 1 N–H and O–H groups in total. The molecule has 0 aromatic rings. The topological polar surface area (TPSA) is 32.3 Å². The van der Waals surface area contributed by atoms with E-state index in [1.807, 2.05) is 41.5 Å². The Hall–Kier alpha value is -0.570. The lowest BCUT2D eigenvalue weighted by Gasteiger charge is -2.30. The number of rotatable bonds is 4. The first-order chi connectivity index (χ1) is 5.86.